The fourth-order valence-corrected chi connectivity index (χ4v) is 3.51. The molecule has 0 fully saturated rings. The van der Waals surface area contributed by atoms with Gasteiger partial charge in [-0.1, -0.05) is 60.7 Å². The normalized spacial score (nSPS) is 10.6. The van der Waals surface area contributed by atoms with Crippen LogP contribution in [0.15, 0.2) is 91.1 Å². The Kier molecular flexibility index (Phi) is 6.12. The van der Waals surface area contributed by atoms with Gasteiger partial charge in [-0.15, -0.1) is 0 Å². The van der Waals surface area contributed by atoms with Gasteiger partial charge in [0.1, 0.15) is 5.69 Å². The van der Waals surface area contributed by atoms with Gasteiger partial charge in [0.15, 0.2) is 0 Å². The van der Waals surface area contributed by atoms with Crippen molar-refractivity contribution in [1.82, 2.24) is 20.0 Å². The van der Waals surface area contributed by atoms with E-state index in [1.807, 2.05) is 72.8 Å². The maximum absolute atomic E-state index is 13.4. The highest BCUT2D eigenvalue weighted by Gasteiger charge is 2.21. The number of carbonyl (C=O) groups excluding carboxylic acids is 2. The quantitative estimate of drug-likeness (QED) is 0.505. The highest BCUT2D eigenvalue weighted by Crippen LogP contribution is 2.25. The van der Waals surface area contributed by atoms with Crippen molar-refractivity contribution in [3.8, 4) is 16.9 Å². The van der Waals surface area contributed by atoms with Crippen LogP contribution in [0.5, 0.6) is 0 Å². The second kappa shape index (κ2) is 9.31. The van der Waals surface area contributed by atoms with Gasteiger partial charge in [0.05, 0.1) is 11.3 Å². The number of rotatable bonds is 6. The molecule has 0 saturated heterocycles. The van der Waals surface area contributed by atoms with E-state index in [9.17, 15) is 9.59 Å². The minimum absolute atomic E-state index is 0.124. The van der Waals surface area contributed by atoms with E-state index in [0.29, 0.717) is 23.4 Å². The molecule has 0 saturated carbocycles. The van der Waals surface area contributed by atoms with Crippen LogP contribution in [0.25, 0.3) is 16.9 Å². The topological polar surface area (TPSA) is 67.2 Å². The first-order chi connectivity index (χ1) is 15.6. The molecule has 160 valence electrons. The molecule has 6 nitrogen and oxygen atoms in total. The SMILES string of the molecule is CNC(=O)c1ccc(CN(C)C(=O)c2cn(-c3ccccc3)nc2-c2ccccc2)cc1. The van der Waals surface area contributed by atoms with Gasteiger partial charge in [0.25, 0.3) is 11.8 Å². The average Bonchev–Trinajstić information content (AvgIpc) is 3.30. The lowest BCUT2D eigenvalue weighted by atomic mass is 10.1. The highest BCUT2D eigenvalue weighted by atomic mass is 16.2. The van der Waals surface area contributed by atoms with Crippen LogP contribution in [0, 0.1) is 0 Å². The maximum Gasteiger partial charge on any atom is 0.257 e. The molecule has 0 spiro atoms. The summed E-state index contributed by atoms with van der Waals surface area (Å²) in [4.78, 5) is 26.8. The van der Waals surface area contributed by atoms with Gasteiger partial charge >= 0.3 is 0 Å². The van der Waals surface area contributed by atoms with Crippen LogP contribution in [0.1, 0.15) is 26.3 Å². The summed E-state index contributed by atoms with van der Waals surface area (Å²) < 4.78 is 1.74. The molecule has 32 heavy (non-hydrogen) atoms. The lowest BCUT2D eigenvalue weighted by molar-refractivity contribution is 0.0785. The molecule has 0 bridgehead atoms. The number of carbonyl (C=O) groups is 2. The molecule has 4 rings (SSSR count). The van der Waals surface area contributed by atoms with Crippen LogP contribution in [0.2, 0.25) is 0 Å². The molecule has 1 heterocycles. The lowest BCUT2D eigenvalue weighted by Gasteiger charge is -2.17. The summed E-state index contributed by atoms with van der Waals surface area (Å²) in [6.07, 6.45) is 1.78. The van der Waals surface area contributed by atoms with Gasteiger partial charge in [0, 0.05) is 38.0 Å². The Labute approximate surface area is 187 Å². The summed E-state index contributed by atoms with van der Waals surface area (Å²) in [6.45, 7) is 0.414. The van der Waals surface area contributed by atoms with E-state index in [-0.39, 0.29) is 11.8 Å². The molecule has 0 unspecified atom stereocenters. The fraction of sp³-hybridized carbons (Fsp3) is 0.115. The number of para-hydroxylation sites is 1. The van der Waals surface area contributed by atoms with Crippen molar-refractivity contribution >= 4 is 11.8 Å². The van der Waals surface area contributed by atoms with Crippen LogP contribution in [0.3, 0.4) is 0 Å². The first-order valence-corrected chi connectivity index (χ1v) is 10.3. The largest absolute Gasteiger partial charge is 0.355 e. The number of nitrogens with zero attached hydrogens (tertiary/aromatic N) is 3. The molecule has 4 aromatic rings. The third-order valence-corrected chi connectivity index (χ3v) is 5.22. The van der Waals surface area contributed by atoms with E-state index in [2.05, 4.69) is 5.32 Å². The second-order valence-electron chi connectivity index (χ2n) is 7.47. The Morgan fingerprint density at radius 3 is 2.16 bits per heavy atom. The number of nitrogens with one attached hydrogen (secondary N) is 1. The summed E-state index contributed by atoms with van der Waals surface area (Å²) in [7, 11) is 3.37. The van der Waals surface area contributed by atoms with Crippen LogP contribution in [-0.4, -0.2) is 40.6 Å². The standard InChI is InChI=1S/C26H24N4O2/c1-27-25(31)21-15-13-19(14-16-21)17-29(2)26(32)23-18-30(22-11-7-4-8-12-22)28-24(23)20-9-5-3-6-10-20/h3-16,18H,17H2,1-2H3,(H,27,31). The van der Waals surface area contributed by atoms with Crippen molar-refractivity contribution in [1.29, 1.82) is 0 Å². The molecule has 2 amide bonds. The molecule has 0 aliphatic carbocycles. The van der Waals surface area contributed by atoms with E-state index in [4.69, 9.17) is 5.10 Å². The van der Waals surface area contributed by atoms with Gasteiger partial charge in [-0.2, -0.15) is 5.10 Å². The van der Waals surface area contributed by atoms with Gasteiger partial charge in [-0.25, -0.2) is 4.68 Å². The Morgan fingerprint density at radius 1 is 0.906 bits per heavy atom. The van der Waals surface area contributed by atoms with Crippen LogP contribution >= 0.6 is 0 Å². The van der Waals surface area contributed by atoms with Gasteiger partial charge in [0.2, 0.25) is 0 Å². The summed E-state index contributed by atoms with van der Waals surface area (Å²) in [5.41, 5.74) is 4.46. The second-order valence-corrected chi connectivity index (χ2v) is 7.47. The smallest absolute Gasteiger partial charge is 0.257 e. The first kappa shape index (κ1) is 21.1. The fourth-order valence-electron chi connectivity index (χ4n) is 3.51. The minimum atomic E-state index is -0.137. The number of hydrogen-bond acceptors (Lipinski definition) is 3. The minimum Gasteiger partial charge on any atom is -0.355 e. The first-order valence-electron chi connectivity index (χ1n) is 10.3. The summed E-state index contributed by atoms with van der Waals surface area (Å²) in [5.74, 6) is -0.261. The van der Waals surface area contributed by atoms with Crippen molar-refractivity contribution in [2.45, 2.75) is 6.54 Å². The van der Waals surface area contributed by atoms with E-state index < -0.39 is 0 Å². The van der Waals surface area contributed by atoms with Gasteiger partial charge in [-0.05, 0) is 29.8 Å². The van der Waals surface area contributed by atoms with Crippen LogP contribution in [-0.2, 0) is 6.54 Å². The molecule has 6 heteroatoms. The van der Waals surface area contributed by atoms with E-state index in [1.165, 1.54) is 0 Å². The molecule has 0 radical (unpaired) electrons. The Morgan fingerprint density at radius 2 is 1.53 bits per heavy atom. The predicted molar refractivity (Wildman–Crippen MR) is 125 cm³/mol. The Bertz CT molecular complexity index is 1220. The average molecular weight is 425 g/mol. The number of hydrogen-bond donors (Lipinski definition) is 1. The molecule has 0 atom stereocenters. The lowest BCUT2D eigenvalue weighted by Crippen LogP contribution is -2.26. The van der Waals surface area contributed by atoms with Gasteiger partial charge in [-0.3, -0.25) is 9.59 Å². The molecular formula is C26H24N4O2. The molecular weight excluding hydrogens is 400 g/mol. The zero-order chi connectivity index (χ0) is 22.5. The summed E-state index contributed by atoms with van der Waals surface area (Å²) in [5, 5.41) is 7.33. The Balaban J connectivity index is 1.63. The molecule has 1 aromatic heterocycles. The maximum atomic E-state index is 13.4. The number of amides is 2. The third-order valence-electron chi connectivity index (χ3n) is 5.22. The van der Waals surface area contributed by atoms with Crippen LogP contribution < -0.4 is 5.32 Å². The van der Waals surface area contributed by atoms with Crippen molar-refractivity contribution in [3.05, 3.63) is 108 Å². The van der Waals surface area contributed by atoms with Crippen molar-refractivity contribution in [2.24, 2.45) is 0 Å². The molecule has 1 N–H and O–H groups in total. The molecule has 0 aliphatic rings. The van der Waals surface area contributed by atoms with Crippen molar-refractivity contribution in [3.63, 3.8) is 0 Å². The van der Waals surface area contributed by atoms with Crippen LogP contribution in [0.4, 0.5) is 0 Å². The van der Waals surface area contributed by atoms with E-state index in [0.717, 1.165) is 16.8 Å². The highest BCUT2D eigenvalue weighted by molar-refractivity contribution is 5.99. The van der Waals surface area contributed by atoms with E-state index >= 15 is 0 Å². The van der Waals surface area contributed by atoms with Crippen molar-refractivity contribution in [2.75, 3.05) is 14.1 Å². The Hall–Kier alpha value is -4.19. The summed E-state index contributed by atoms with van der Waals surface area (Å²) >= 11 is 0. The molecule has 3 aromatic carbocycles. The number of benzene rings is 3. The zero-order valence-corrected chi connectivity index (χ0v) is 18.0. The molecule has 0 aliphatic heterocycles. The monoisotopic (exact) mass is 424 g/mol. The van der Waals surface area contributed by atoms with E-state index in [1.54, 1.807) is 42.0 Å². The van der Waals surface area contributed by atoms with Crippen molar-refractivity contribution < 1.29 is 9.59 Å². The summed E-state index contributed by atoms with van der Waals surface area (Å²) in [6, 6.07) is 26.7. The van der Waals surface area contributed by atoms with Gasteiger partial charge < -0.3 is 10.2 Å². The third kappa shape index (κ3) is 4.44. The number of aromatic nitrogens is 2. The zero-order valence-electron chi connectivity index (χ0n) is 18.0. The predicted octanol–water partition coefficient (Wildman–Crippen LogP) is 4.17.